The van der Waals surface area contributed by atoms with Crippen LogP contribution in [0, 0.1) is 24.0 Å². The van der Waals surface area contributed by atoms with E-state index in [2.05, 4.69) is 10.5 Å². The standard InChI is InChI=1S/C23H21ClN4O5S/c1-16-8-11-22(17(2)12-16)27(34(32,33)20-6-4-3-5-7-20)15-23(29)26-25-14-18-13-19(28(30)31)9-10-21(18)24/h3-14H,15H2,1-2H3,(H,26,29)/b25-14-. The first-order chi connectivity index (χ1) is 16.1. The number of nitrogens with zero attached hydrogens (tertiary/aromatic N) is 3. The number of anilines is 1. The molecule has 0 spiro atoms. The Balaban J connectivity index is 1.87. The second kappa shape index (κ2) is 10.4. The van der Waals surface area contributed by atoms with Gasteiger partial charge < -0.3 is 0 Å². The number of hydrogen-bond donors (Lipinski definition) is 1. The summed E-state index contributed by atoms with van der Waals surface area (Å²) >= 11 is 6.02. The minimum atomic E-state index is -4.06. The first-order valence-corrected chi connectivity index (χ1v) is 11.8. The summed E-state index contributed by atoms with van der Waals surface area (Å²) in [6, 6.07) is 16.8. The second-order valence-electron chi connectivity index (χ2n) is 7.37. The van der Waals surface area contributed by atoms with Gasteiger partial charge in [-0.05, 0) is 43.7 Å². The summed E-state index contributed by atoms with van der Waals surface area (Å²) in [5, 5.41) is 14.9. The first-order valence-electron chi connectivity index (χ1n) is 10.0. The summed E-state index contributed by atoms with van der Waals surface area (Å²) in [6.45, 7) is 3.10. The van der Waals surface area contributed by atoms with Crippen LogP contribution >= 0.6 is 11.6 Å². The number of hydrogen-bond acceptors (Lipinski definition) is 6. The molecule has 9 nitrogen and oxygen atoms in total. The lowest BCUT2D eigenvalue weighted by Crippen LogP contribution is -2.40. The molecule has 176 valence electrons. The van der Waals surface area contributed by atoms with E-state index in [4.69, 9.17) is 11.6 Å². The summed E-state index contributed by atoms with van der Waals surface area (Å²) in [5.74, 6) is -0.711. The van der Waals surface area contributed by atoms with Crippen molar-refractivity contribution in [2.75, 3.05) is 10.8 Å². The molecule has 0 unspecified atom stereocenters. The molecule has 0 saturated carbocycles. The molecule has 0 radical (unpaired) electrons. The zero-order chi connectivity index (χ0) is 24.9. The minimum Gasteiger partial charge on any atom is -0.271 e. The third-order valence-corrected chi connectivity index (χ3v) is 6.94. The molecule has 34 heavy (non-hydrogen) atoms. The molecule has 0 fully saturated rings. The van der Waals surface area contributed by atoms with E-state index in [0.717, 1.165) is 16.1 Å². The predicted octanol–water partition coefficient (Wildman–Crippen LogP) is 4.21. The topological polar surface area (TPSA) is 122 Å². The molecule has 0 bridgehead atoms. The summed E-state index contributed by atoms with van der Waals surface area (Å²) in [4.78, 5) is 23.1. The largest absolute Gasteiger partial charge is 0.271 e. The lowest BCUT2D eigenvalue weighted by Gasteiger charge is -2.25. The van der Waals surface area contributed by atoms with Gasteiger partial charge in [0.1, 0.15) is 6.54 Å². The smallest absolute Gasteiger partial charge is 0.270 e. The van der Waals surface area contributed by atoms with E-state index < -0.39 is 27.4 Å². The van der Waals surface area contributed by atoms with Crippen LogP contribution in [0.5, 0.6) is 0 Å². The fourth-order valence-corrected chi connectivity index (χ4v) is 4.86. The molecule has 11 heteroatoms. The molecular weight excluding hydrogens is 480 g/mol. The predicted molar refractivity (Wildman–Crippen MR) is 131 cm³/mol. The number of nitrogens with one attached hydrogen (secondary N) is 1. The van der Waals surface area contributed by atoms with Gasteiger partial charge in [-0.3, -0.25) is 19.2 Å². The number of hydrazone groups is 1. The number of nitro benzene ring substituents is 1. The van der Waals surface area contributed by atoms with E-state index in [9.17, 15) is 23.3 Å². The number of benzene rings is 3. The molecule has 3 rings (SSSR count). The monoisotopic (exact) mass is 500 g/mol. The van der Waals surface area contributed by atoms with Crippen molar-refractivity contribution < 1.29 is 18.1 Å². The van der Waals surface area contributed by atoms with E-state index in [1.807, 2.05) is 13.0 Å². The molecule has 0 aliphatic rings. The Bertz CT molecular complexity index is 1360. The van der Waals surface area contributed by atoms with Crippen LogP contribution in [0.4, 0.5) is 11.4 Å². The Labute approximate surface area is 201 Å². The molecule has 0 heterocycles. The molecule has 0 aliphatic carbocycles. The number of aryl methyl sites for hydroxylation is 2. The average molecular weight is 501 g/mol. The Kier molecular flexibility index (Phi) is 7.64. The zero-order valence-corrected chi connectivity index (χ0v) is 19.9. The molecule has 0 atom stereocenters. The number of halogens is 1. The van der Waals surface area contributed by atoms with Crippen LogP contribution in [0.3, 0.4) is 0 Å². The highest BCUT2D eigenvalue weighted by molar-refractivity contribution is 7.92. The molecule has 0 aromatic heterocycles. The van der Waals surface area contributed by atoms with Crippen molar-refractivity contribution in [3.05, 3.63) is 98.6 Å². The number of carbonyl (C=O) groups is 1. The number of non-ortho nitro benzene ring substituents is 1. The van der Waals surface area contributed by atoms with Gasteiger partial charge in [0, 0.05) is 22.7 Å². The average Bonchev–Trinajstić information content (AvgIpc) is 2.79. The number of nitro groups is 1. The van der Waals surface area contributed by atoms with Crippen LogP contribution < -0.4 is 9.73 Å². The van der Waals surface area contributed by atoms with Crippen LogP contribution in [0.15, 0.2) is 76.7 Å². The molecule has 3 aromatic carbocycles. The van der Waals surface area contributed by atoms with Gasteiger partial charge in [-0.1, -0.05) is 47.5 Å². The SMILES string of the molecule is Cc1ccc(N(CC(=O)N/N=C\c2cc([N+](=O)[O-])ccc2Cl)S(=O)(=O)c2ccccc2)c(C)c1. The van der Waals surface area contributed by atoms with Crippen LogP contribution in [0.25, 0.3) is 0 Å². The molecular formula is C23H21ClN4O5S. The summed E-state index contributed by atoms with van der Waals surface area (Å²) in [6.07, 6.45) is 1.15. The molecule has 1 amide bonds. The third kappa shape index (κ3) is 5.77. The highest BCUT2D eigenvalue weighted by atomic mass is 35.5. The number of carbonyl (C=O) groups excluding carboxylic acids is 1. The lowest BCUT2D eigenvalue weighted by molar-refractivity contribution is -0.384. The normalized spacial score (nSPS) is 11.4. The van der Waals surface area contributed by atoms with Crippen molar-refractivity contribution in [1.82, 2.24) is 5.43 Å². The highest BCUT2D eigenvalue weighted by Gasteiger charge is 2.28. The number of sulfonamides is 1. The minimum absolute atomic E-state index is 0.0367. The second-order valence-corrected chi connectivity index (χ2v) is 9.64. The molecule has 3 aromatic rings. The Hall–Kier alpha value is -3.76. The van der Waals surface area contributed by atoms with Crippen molar-refractivity contribution in [3.8, 4) is 0 Å². The lowest BCUT2D eigenvalue weighted by atomic mass is 10.1. The third-order valence-electron chi connectivity index (χ3n) is 4.82. The van der Waals surface area contributed by atoms with E-state index in [1.54, 1.807) is 37.3 Å². The van der Waals surface area contributed by atoms with E-state index >= 15 is 0 Å². The van der Waals surface area contributed by atoms with Crippen molar-refractivity contribution in [3.63, 3.8) is 0 Å². The molecule has 1 N–H and O–H groups in total. The van der Waals surface area contributed by atoms with E-state index in [1.165, 1.54) is 30.3 Å². The number of rotatable bonds is 8. The van der Waals surface area contributed by atoms with Gasteiger partial charge in [0.15, 0.2) is 0 Å². The van der Waals surface area contributed by atoms with Crippen LogP contribution in [-0.4, -0.2) is 32.0 Å². The van der Waals surface area contributed by atoms with Gasteiger partial charge in [0.2, 0.25) is 0 Å². The maximum absolute atomic E-state index is 13.4. The van der Waals surface area contributed by atoms with Crippen LogP contribution in [-0.2, 0) is 14.8 Å². The fraction of sp³-hybridized carbons (Fsp3) is 0.130. The van der Waals surface area contributed by atoms with Gasteiger partial charge >= 0.3 is 0 Å². The Morgan fingerprint density at radius 1 is 1.12 bits per heavy atom. The van der Waals surface area contributed by atoms with Crippen molar-refractivity contribution in [1.29, 1.82) is 0 Å². The van der Waals surface area contributed by atoms with E-state index in [0.29, 0.717) is 11.3 Å². The summed E-state index contributed by atoms with van der Waals surface area (Å²) < 4.78 is 27.8. The van der Waals surface area contributed by atoms with Gasteiger partial charge in [0.25, 0.3) is 21.6 Å². The Morgan fingerprint density at radius 2 is 1.82 bits per heavy atom. The van der Waals surface area contributed by atoms with Gasteiger partial charge in [-0.15, -0.1) is 0 Å². The quantitative estimate of drug-likeness (QED) is 0.282. The zero-order valence-electron chi connectivity index (χ0n) is 18.3. The van der Waals surface area contributed by atoms with Crippen molar-refractivity contribution in [2.24, 2.45) is 5.10 Å². The molecule has 0 aliphatic heterocycles. The van der Waals surface area contributed by atoms with Gasteiger partial charge in [-0.25, -0.2) is 13.8 Å². The van der Waals surface area contributed by atoms with Crippen molar-refractivity contribution in [2.45, 2.75) is 18.7 Å². The van der Waals surface area contributed by atoms with Gasteiger partial charge in [0.05, 0.1) is 21.7 Å². The Morgan fingerprint density at radius 3 is 2.47 bits per heavy atom. The number of amides is 1. The first kappa shape index (κ1) is 24.9. The van der Waals surface area contributed by atoms with Crippen LogP contribution in [0.1, 0.15) is 16.7 Å². The maximum Gasteiger partial charge on any atom is 0.270 e. The highest BCUT2D eigenvalue weighted by Crippen LogP contribution is 2.27. The molecule has 0 saturated heterocycles. The van der Waals surface area contributed by atoms with E-state index in [-0.39, 0.29) is 21.2 Å². The fourth-order valence-electron chi connectivity index (χ4n) is 3.19. The summed E-state index contributed by atoms with van der Waals surface area (Å²) in [5.41, 5.74) is 4.27. The van der Waals surface area contributed by atoms with Crippen LogP contribution in [0.2, 0.25) is 5.02 Å². The van der Waals surface area contributed by atoms with Crippen molar-refractivity contribution >= 4 is 45.1 Å². The maximum atomic E-state index is 13.4. The van der Waals surface area contributed by atoms with Gasteiger partial charge in [-0.2, -0.15) is 5.10 Å². The summed E-state index contributed by atoms with van der Waals surface area (Å²) in [7, 11) is -4.06.